The topological polar surface area (TPSA) is 64.9 Å². The van der Waals surface area contributed by atoms with E-state index in [9.17, 15) is 0 Å². The molecule has 2 aromatic heterocycles. The Morgan fingerprint density at radius 2 is 2.10 bits per heavy atom. The van der Waals surface area contributed by atoms with Crippen molar-refractivity contribution in [2.45, 2.75) is 40.2 Å². The van der Waals surface area contributed by atoms with E-state index in [1.54, 1.807) is 6.20 Å². The van der Waals surface area contributed by atoms with Crippen molar-refractivity contribution < 1.29 is 4.74 Å². The summed E-state index contributed by atoms with van der Waals surface area (Å²) in [6.07, 6.45) is 5.89. The van der Waals surface area contributed by atoms with Gasteiger partial charge in [-0.15, -0.1) is 0 Å². The number of anilines is 1. The fourth-order valence-electron chi connectivity index (χ4n) is 1.89. The van der Waals surface area contributed by atoms with Crippen LogP contribution in [0.3, 0.4) is 0 Å². The molecule has 1 N–H and O–H groups in total. The molecule has 2 rings (SSSR count). The lowest BCUT2D eigenvalue weighted by Gasteiger charge is -2.11. The highest BCUT2D eigenvalue weighted by Gasteiger charge is 2.12. The van der Waals surface area contributed by atoms with Gasteiger partial charge in [0.15, 0.2) is 5.75 Å². The van der Waals surface area contributed by atoms with Gasteiger partial charge in [0.2, 0.25) is 5.88 Å². The first-order chi connectivity index (χ1) is 9.65. The zero-order chi connectivity index (χ0) is 14.5. The lowest BCUT2D eigenvalue weighted by Crippen LogP contribution is -2.05. The van der Waals surface area contributed by atoms with Gasteiger partial charge in [0.1, 0.15) is 12.1 Å². The van der Waals surface area contributed by atoms with E-state index >= 15 is 0 Å². The molecule has 0 saturated heterocycles. The number of hydrogen-bond acceptors (Lipinski definition) is 5. The third-order valence-corrected chi connectivity index (χ3v) is 2.93. The monoisotopic (exact) mass is 275 g/mol. The van der Waals surface area contributed by atoms with Crippen LogP contribution in [-0.4, -0.2) is 26.3 Å². The molecule has 0 aliphatic heterocycles. The Hall–Kier alpha value is -2.11. The largest absolute Gasteiger partial charge is 0.435 e. The summed E-state index contributed by atoms with van der Waals surface area (Å²) in [7, 11) is 0. The van der Waals surface area contributed by atoms with Crippen molar-refractivity contribution >= 4 is 5.82 Å². The van der Waals surface area contributed by atoms with E-state index < -0.39 is 0 Å². The summed E-state index contributed by atoms with van der Waals surface area (Å²) in [6.45, 7) is 9.05. The van der Waals surface area contributed by atoms with E-state index in [0.717, 1.165) is 24.3 Å². The predicted octanol–water partition coefficient (Wildman–Crippen LogP) is 3.04. The first-order valence-corrected chi connectivity index (χ1v) is 6.95. The first kappa shape index (κ1) is 14.3. The van der Waals surface area contributed by atoms with Crippen molar-refractivity contribution in [3.8, 4) is 11.6 Å². The second kappa shape index (κ2) is 6.36. The maximum atomic E-state index is 5.84. The average molecular weight is 275 g/mol. The van der Waals surface area contributed by atoms with Gasteiger partial charge < -0.3 is 10.1 Å². The molecule has 0 aliphatic carbocycles. The van der Waals surface area contributed by atoms with E-state index in [0.29, 0.717) is 17.7 Å². The second-order valence-electron chi connectivity index (χ2n) is 4.74. The maximum absolute atomic E-state index is 5.84. The van der Waals surface area contributed by atoms with Crippen molar-refractivity contribution in [2.24, 2.45) is 0 Å². The van der Waals surface area contributed by atoms with Crippen LogP contribution in [0.2, 0.25) is 0 Å². The highest BCUT2D eigenvalue weighted by Crippen LogP contribution is 2.27. The molecule has 2 heterocycles. The molecule has 108 valence electrons. The summed E-state index contributed by atoms with van der Waals surface area (Å²) in [5, 5.41) is 7.48. The summed E-state index contributed by atoms with van der Waals surface area (Å²) in [5.74, 6) is 2.10. The fraction of sp³-hybridized carbons (Fsp3) is 0.500. The molecule has 0 aliphatic rings. The van der Waals surface area contributed by atoms with Crippen molar-refractivity contribution in [1.82, 2.24) is 19.7 Å². The molecule has 0 amide bonds. The van der Waals surface area contributed by atoms with Gasteiger partial charge >= 0.3 is 0 Å². The smallest absolute Gasteiger partial charge is 0.227 e. The number of nitrogens with one attached hydrogen (secondary N) is 1. The van der Waals surface area contributed by atoms with E-state index in [1.807, 2.05) is 17.8 Å². The number of rotatable bonds is 6. The summed E-state index contributed by atoms with van der Waals surface area (Å²) >= 11 is 0. The third-order valence-electron chi connectivity index (χ3n) is 2.93. The number of nitrogens with zero attached hydrogens (tertiary/aromatic N) is 4. The summed E-state index contributed by atoms with van der Waals surface area (Å²) in [6, 6.07) is 0.306. The molecule has 0 radical (unpaired) electrons. The van der Waals surface area contributed by atoms with E-state index in [-0.39, 0.29) is 0 Å². The van der Waals surface area contributed by atoms with Crippen LogP contribution in [-0.2, 0) is 6.42 Å². The predicted molar refractivity (Wildman–Crippen MR) is 78.3 cm³/mol. The van der Waals surface area contributed by atoms with Gasteiger partial charge in [0.25, 0.3) is 0 Å². The SMILES string of the molecule is CCNc1ncnc(Oc2cnn(C(C)C)c2)c1CC. The first-order valence-electron chi connectivity index (χ1n) is 6.95. The molecule has 0 spiro atoms. The van der Waals surface area contributed by atoms with Crippen molar-refractivity contribution in [3.63, 3.8) is 0 Å². The molecular weight excluding hydrogens is 254 g/mol. The Bertz CT molecular complexity index is 564. The molecule has 0 unspecified atom stereocenters. The van der Waals surface area contributed by atoms with E-state index in [1.165, 1.54) is 6.33 Å². The molecule has 0 saturated carbocycles. The third kappa shape index (κ3) is 3.07. The van der Waals surface area contributed by atoms with E-state index in [4.69, 9.17) is 4.74 Å². The minimum Gasteiger partial charge on any atom is -0.435 e. The Balaban J connectivity index is 2.25. The van der Waals surface area contributed by atoms with Crippen LogP contribution in [0.25, 0.3) is 0 Å². The zero-order valence-corrected chi connectivity index (χ0v) is 12.4. The van der Waals surface area contributed by atoms with Crippen LogP contribution in [0.1, 0.15) is 39.3 Å². The van der Waals surface area contributed by atoms with Gasteiger partial charge in [-0.3, -0.25) is 4.68 Å². The Morgan fingerprint density at radius 1 is 1.30 bits per heavy atom. The van der Waals surface area contributed by atoms with Crippen molar-refractivity contribution in [3.05, 3.63) is 24.3 Å². The van der Waals surface area contributed by atoms with Gasteiger partial charge in [-0.1, -0.05) is 6.92 Å². The van der Waals surface area contributed by atoms with Crippen LogP contribution in [0.5, 0.6) is 11.6 Å². The molecule has 0 atom stereocenters. The molecule has 6 heteroatoms. The second-order valence-corrected chi connectivity index (χ2v) is 4.74. The van der Waals surface area contributed by atoms with Crippen LogP contribution in [0, 0.1) is 0 Å². The number of aromatic nitrogens is 4. The minimum absolute atomic E-state index is 0.306. The highest BCUT2D eigenvalue weighted by molar-refractivity contribution is 5.49. The summed E-state index contributed by atoms with van der Waals surface area (Å²) in [5.41, 5.74) is 0.978. The molecule has 0 aromatic carbocycles. The lowest BCUT2D eigenvalue weighted by atomic mass is 10.2. The maximum Gasteiger partial charge on any atom is 0.227 e. The Morgan fingerprint density at radius 3 is 2.70 bits per heavy atom. The van der Waals surface area contributed by atoms with Crippen LogP contribution in [0.4, 0.5) is 5.82 Å². The Labute approximate surface area is 119 Å². The summed E-state index contributed by atoms with van der Waals surface area (Å²) < 4.78 is 7.70. The molecule has 20 heavy (non-hydrogen) atoms. The molecule has 2 aromatic rings. The summed E-state index contributed by atoms with van der Waals surface area (Å²) in [4.78, 5) is 8.48. The van der Waals surface area contributed by atoms with E-state index in [2.05, 4.69) is 41.2 Å². The van der Waals surface area contributed by atoms with Crippen LogP contribution < -0.4 is 10.1 Å². The minimum atomic E-state index is 0.306. The molecule has 0 fully saturated rings. The molecular formula is C14H21N5O. The highest BCUT2D eigenvalue weighted by atomic mass is 16.5. The van der Waals surface area contributed by atoms with Gasteiger partial charge in [-0.2, -0.15) is 5.10 Å². The van der Waals surface area contributed by atoms with Gasteiger partial charge in [-0.25, -0.2) is 9.97 Å². The van der Waals surface area contributed by atoms with Gasteiger partial charge in [-0.05, 0) is 27.2 Å². The van der Waals surface area contributed by atoms with Crippen molar-refractivity contribution in [2.75, 3.05) is 11.9 Å². The average Bonchev–Trinajstić information content (AvgIpc) is 2.88. The van der Waals surface area contributed by atoms with Crippen LogP contribution in [0.15, 0.2) is 18.7 Å². The lowest BCUT2D eigenvalue weighted by molar-refractivity contribution is 0.452. The number of hydrogen-bond donors (Lipinski definition) is 1. The zero-order valence-electron chi connectivity index (χ0n) is 12.4. The quantitative estimate of drug-likeness (QED) is 0.877. The van der Waals surface area contributed by atoms with Gasteiger partial charge in [0, 0.05) is 12.6 Å². The van der Waals surface area contributed by atoms with Crippen molar-refractivity contribution in [1.29, 1.82) is 0 Å². The molecule has 0 bridgehead atoms. The standard InChI is InChI=1S/C14H21N5O/c1-5-12-13(15-6-2)16-9-17-14(12)20-11-7-18-19(8-11)10(3)4/h7-10H,5-6H2,1-4H3,(H,15,16,17). The molecule has 6 nitrogen and oxygen atoms in total. The fourth-order valence-corrected chi connectivity index (χ4v) is 1.89. The normalized spacial score (nSPS) is 10.8. The Kier molecular flexibility index (Phi) is 4.55. The van der Waals surface area contributed by atoms with Crippen LogP contribution >= 0.6 is 0 Å². The number of ether oxygens (including phenoxy) is 1. The van der Waals surface area contributed by atoms with Gasteiger partial charge in [0.05, 0.1) is 18.0 Å².